The van der Waals surface area contributed by atoms with Gasteiger partial charge in [0, 0.05) is 28.2 Å². The van der Waals surface area contributed by atoms with Gasteiger partial charge >= 0.3 is 0 Å². The van der Waals surface area contributed by atoms with E-state index >= 15 is 0 Å². The summed E-state index contributed by atoms with van der Waals surface area (Å²) >= 11 is 0. The number of phenolic OH excluding ortho intramolecular Hbond substituents is 1. The van der Waals surface area contributed by atoms with Crippen molar-refractivity contribution in [3.63, 3.8) is 0 Å². The molecule has 0 atom stereocenters. The van der Waals surface area contributed by atoms with Crippen LogP contribution in [0.5, 0.6) is 5.75 Å². The van der Waals surface area contributed by atoms with Gasteiger partial charge < -0.3 is 10.1 Å². The highest BCUT2D eigenvalue weighted by molar-refractivity contribution is 6.14. The fraction of sp³-hybridized carbons (Fsp3) is 0.182. The molecule has 5 rings (SSSR count). The van der Waals surface area contributed by atoms with Crippen molar-refractivity contribution >= 4 is 27.5 Å². The highest BCUT2D eigenvalue weighted by Gasteiger charge is 2.21. The predicted octanol–water partition coefficient (Wildman–Crippen LogP) is 5.52. The van der Waals surface area contributed by atoms with Gasteiger partial charge in [0.2, 0.25) is 5.69 Å². The number of nitrogens with one attached hydrogen (secondary N) is 1. The average molecular weight is 339 g/mol. The third-order valence-electron chi connectivity index (χ3n) is 5.37. The van der Waals surface area contributed by atoms with Gasteiger partial charge in [-0.3, -0.25) is 4.98 Å². The van der Waals surface area contributed by atoms with Crippen LogP contribution in [0.25, 0.3) is 37.9 Å². The Morgan fingerprint density at radius 2 is 1.73 bits per heavy atom. The van der Waals surface area contributed by atoms with Crippen LogP contribution in [0.4, 0.5) is 5.69 Å². The maximum absolute atomic E-state index is 9.62. The Balaban J connectivity index is 1.91. The largest absolute Gasteiger partial charge is 0.508 e. The Bertz CT molecular complexity index is 1200. The van der Waals surface area contributed by atoms with Crippen molar-refractivity contribution in [1.82, 2.24) is 9.97 Å². The summed E-state index contributed by atoms with van der Waals surface area (Å²) in [7, 11) is 0. The Morgan fingerprint density at radius 3 is 2.50 bits per heavy atom. The first-order valence-electron chi connectivity index (χ1n) is 8.88. The van der Waals surface area contributed by atoms with Gasteiger partial charge in [-0.2, -0.15) is 0 Å². The van der Waals surface area contributed by atoms with Crippen LogP contribution in [0.1, 0.15) is 24.0 Å². The number of H-pyrrole nitrogens is 1. The first-order chi connectivity index (χ1) is 12.8. The first-order valence-corrected chi connectivity index (χ1v) is 8.88. The summed E-state index contributed by atoms with van der Waals surface area (Å²) in [4.78, 5) is 11.7. The maximum atomic E-state index is 9.62. The second-order valence-electron chi connectivity index (χ2n) is 6.85. The van der Waals surface area contributed by atoms with Gasteiger partial charge in [-0.15, -0.1) is 0 Å². The number of aromatic amines is 1. The summed E-state index contributed by atoms with van der Waals surface area (Å²) < 4.78 is 0. The zero-order valence-electron chi connectivity index (χ0n) is 14.2. The lowest BCUT2D eigenvalue weighted by Crippen LogP contribution is -2.07. The fourth-order valence-electron chi connectivity index (χ4n) is 4.20. The van der Waals surface area contributed by atoms with Crippen LogP contribution in [0, 0.1) is 6.57 Å². The van der Waals surface area contributed by atoms with Crippen LogP contribution in [-0.2, 0) is 12.8 Å². The number of hydrogen-bond acceptors (Lipinski definition) is 2. The van der Waals surface area contributed by atoms with Crippen LogP contribution in [-0.4, -0.2) is 15.1 Å². The lowest BCUT2D eigenvalue weighted by Gasteiger charge is -2.23. The fourth-order valence-corrected chi connectivity index (χ4v) is 4.20. The lowest BCUT2D eigenvalue weighted by molar-refractivity contribution is 0.475. The molecule has 1 aliphatic carbocycles. The van der Waals surface area contributed by atoms with Crippen LogP contribution >= 0.6 is 0 Å². The molecular weight excluding hydrogens is 322 g/mol. The zero-order chi connectivity index (χ0) is 17.7. The number of pyridine rings is 1. The molecule has 0 saturated heterocycles. The zero-order valence-corrected chi connectivity index (χ0v) is 14.2. The molecule has 4 nitrogen and oxygen atoms in total. The molecule has 1 aliphatic rings. The average Bonchev–Trinajstić information content (AvgIpc) is 3.11. The molecule has 0 spiro atoms. The number of phenols is 1. The Kier molecular flexibility index (Phi) is 3.23. The number of rotatable bonds is 1. The monoisotopic (exact) mass is 339 g/mol. The standard InChI is InChI=1S/C22H17N3O/c1-23-19-12-24-17-10-11-18-20(21(17)19)15-4-2-3-5-16(15)22(25-18)13-6-8-14(26)9-7-13/h6-12,25-26H,2-5H2. The van der Waals surface area contributed by atoms with Gasteiger partial charge in [-0.1, -0.05) is 0 Å². The topological polar surface area (TPSA) is 53.3 Å². The molecule has 0 aliphatic heterocycles. The number of fused-ring (bicyclic) bond motifs is 5. The molecule has 0 radical (unpaired) electrons. The van der Waals surface area contributed by atoms with E-state index in [2.05, 4.69) is 20.9 Å². The van der Waals surface area contributed by atoms with Gasteiger partial charge in [0.15, 0.2) is 0 Å². The Labute approximate surface area is 150 Å². The predicted molar refractivity (Wildman–Crippen MR) is 104 cm³/mol. The van der Waals surface area contributed by atoms with Crippen LogP contribution in [0.15, 0.2) is 42.6 Å². The number of nitrogens with zero attached hydrogens (tertiary/aromatic N) is 2. The van der Waals surface area contributed by atoms with Crippen molar-refractivity contribution in [1.29, 1.82) is 0 Å². The summed E-state index contributed by atoms with van der Waals surface area (Å²) in [6.45, 7) is 7.51. The van der Waals surface area contributed by atoms with Crippen molar-refractivity contribution < 1.29 is 5.11 Å². The molecule has 4 heteroatoms. The lowest BCUT2D eigenvalue weighted by atomic mass is 9.85. The minimum absolute atomic E-state index is 0.273. The highest BCUT2D eigenvalue weighted by Crippen LogP contribution is 2.41. The summed E-state index contributed by atoms with van der Waals surface area (Å²) in [6.07, 6.45) is 6.06. The van der Waals surface area contributed by atoms with Gasteiger partial charge in [0.05, 0.1) is 12.1 Å². The molecule has 0 saturated carbocycles. The third-order valence-corrected chi connectivity index (χ3v) is 5.37. The second kappa shape index (κ2) is 5.60. The molecule has 0 bridgehead atoms. The summed E-state index contributed by atoms with van der Waals surface area (Å²) in [5.74, 6) is 0.273. The molecule has 2 aromatic carbocycles. The summed E-state index contributed by atoms with van der Waals surface area (Å²) in [5, 5.41) is 11.8. The number of aryl methyl sites for hydroxylation is 1. The van der Waals surface area contributed by atoms with E-state index in [1.165, 1.54) is 24.0 Å². The van der Waals surface area contributed by atoms with E-state index in [9.17, 15) is 5.11 Å². The third kappa shape index (κ3) is 2.11. The highest BCUT2D eigenvalue weighted by atomic mass is 16.3. The molecule has 2 N–H and O–H groups in total. The van der Waals surface area contributed by atoms with Crippen molar-refractivity contribution in [2.45, 2.75) is 25.7 Å². The minimum Gasteiger partial charge on any atom is -0.508 e. The maximum Gasteiger partial charge on any atom is 0.214 e. The van der Waals surface area contributed by atoms with Crippen molar-refractivity contribution in [2.24, 2.45) is 0 Å². The molecule has 26 heavy (non-hydrogen) atoms. The number of hydrogen-bond donors (Lipinski definition) is 2. The number of benzene rings is 2. The SMILES string of the molecule is [C-]#[N+]c1cnc2ccc3[nH]c(-c4ccc(O)cc4)c4c(c3c12)CCCC4. The Morgan fingerprint density at radius 1 is 0.962 bits per heavy atom. The van der Waals surface area contributed by atoms with Crippen LogP contribution < -0.4 is 0 Å². The van der Waals surface area contributed by atoms with Crippen molar-refractivity contribution in [3.05, 3.63) is 65.1 Å². The number of aromatic hydroxyl groups is 1. The van der Waals surface area contributed by atoms with E-state index in [1.807, 2.05) is 18.2 Å². The number of aromatic nitrogens is 2. The molecule has 126 valence electrons. The molecule has 2 heterocycles. The van der Waals surface area contributed by atoms with Crippen molar-refractivity contribution in [2.75, 3.05) is 0 Å². The second-order valence-corrected chi connectivity index (χ2v) is 6.85. The van der Waals surface area contributed by atoms with Gasteiger partial charge in [0.25, 0.3) is 0 Å². The Hall–Kier alpha value is -3.32. The van der Waals surface area contributed by atoms with E-state index < -0.39 is 0 Å². The summed E-state index contributed by atoms with van der Waals surface area (Å²) in [5.41, 5.74) is 7.44. The molecule has 4 aromatic rings. The molecular formula is C22H17N3O. The van der Waals surface area contributed by atoms with E-state index in [1.54, 1.807) is 18.3 Å². The minimum atomic E-state index is 0.273. The first kappa shape index (κ1) is 15.0. The van der Waals surface area contributed by atoms with Gasteiger partial charge in [-0.25, -0.2) is 4.85 Å². The van der Waals surface area contributed by atoms with E-state index in [0.29, 0.717) is 5.69 Å². The quantitative estimate of drug-likeness (QED) is 0.449. The van der Waals surface area contributed by atoms with Gasteiger partial charge in [0.1, 0.15) is 5.75 Å². The molecule has 0 amide bonds. The normalized spacial score (nSPS) is 13.7. The molecule has 2 aromatic heterocycles. The van der Waals surface area contributed by atoms with E-state index in [-0.39, 0.29) is 5.75 Å². The van der Waals surface area contributed by atoms with Crippen LogP contribution in [0.2, 0.25) is 0 Å². The van der Waals surface area contributed by atoms with Crippen molar-refractivity contribution in [3.8, 4) is 17.0 Å². The van der Waals surface area contributed by atoms with E-state index in [4.69, 9.17) is 6.57 Å². The molecule has 0 unspecified atom stereocenters. The van der Waals surface area contributed by atoms with Crippen LogP contribution in [0.3, 0.4) is 0 Å². The van der Waals surface area contributed by atoms with E-state index in [0.717, 1.165) is 45.9 Å². The smallest absolute Gasteiger partial charge is 0.214 e. The summed E-state index contributed by atoms with van der Waals surface area (Å²) in [6, 6.07) is 11.4. The van der Waals surface area contributed by atoms with Gasteiger partial charge in [-0.05, 0) is 78.8 Å². The molecule has 0 fully saturated rings.